The van der Waals surface area contributed by atoms with Crippen LogP contribution in [0.4, 0.5) is 0 Å². The molecule has 0 saturated carbocycles. The minimum atomic E-state index is -0.0231. The van der Waals surface area contributed by atoms with Crippen LogP contribution in [-0.4, -0.2) is 38.3 Å². The van der Waals surface area contributed by atoms with Crippen LogP contribution in [0.25, 0.3) is 0 Å². The number of likely N-dealkylation sites (N-methyl/N-ethyl adjacent to an activating group) is 1. The second-order valence-corrected chi connectivity index (χ2v) is 3.74. The van der Waals surface area contributed by atoms with Crippen LogP contribution in [0, 0.1) is 0 Å². The van der Waals surface area contributed by atoms with E-state index >= 15 is 0 Å². The van der Waals surface area contributed by atoms with Gasteiger partial charge in [0.1, 0.15) is 0 Å². The molecule has 0 aromatic rings. The van der Waals surface area contributed by atoms with Gasteiger partial charge in [0.15, 0.2) is 0 Å². The molecular weight excluding hydrogens is 168 g/mol. The average Bonchev–Trinajstić information content (AvgIpc) is 2.15. The highest BCUT2D eigenvalue weighted by Crippen LogP contribution is 2.17. The molecule has 1 heterocycles. The molecule has 0 aromatic heterocycles. The third-order valence-corrected chi connectivity index (χ3v) is 2.39. The molecule has 4 heteroatoms. The predicted octanol–water partition coefficient (Wildman–Crippen LogP) is -0.109. The summed E-state index contributed by atoms with van der Waals surface area (Å²) in [7, 11) is 1.64. The Morgan fingerprint density at radius 2 is 2.38 bits per heavy atom. The van der Waals surface area contributed by atoms with E-state index in [0.29, 0.717) is 13.2 Å². The smallest absolute Gasteiger partial charge is 0.233 e. The first-order chi connectivity index (χ1) is 6.16. The monoisotopic (exact) mass is 186 g/mol. The fourth-order valence-electron chi connectivity index (χ4n) is 1.46. The molecule has 1 aliphatic heterocycles. The summed E-state index contributed by atoms with van der Waals surface area (Å²) < 4.78 is 5.36. The molecule has 2 N–H and O–H groups in total. The number of ether oxygens (including phenoxy) is 1. The summed E-state index contributed by atoms with van der Waals surface area (Å²) >= 11 is 0. The molecule has 1 atom stereocenters. The van der Waals surface area contributed by atoms with Crippen molar-refractivity contribution in [2.75, 3.05) is 26.8 Å². The molecule has 4 nitrogen and oxygen atoms in total. The predicted molar refractivity (Wildman–Crippen MR) is 50.5 cm³/mol. The van der Waals surface area contributed by atoms with E-state index in [1.54, 1.807) is 7.05 Å². The molecular formula is C9H18N2O2. The molecule has 0 aromatic carbocycles. The number of rotatable bonds is 3. The summed E-state index contributed by atoms with van der Waals surface area (Å²) in [6.07, 6.45) is 2.14. The maximum absolute atomic E-state index is 11.0. The summed E-state index contributed by atoms with van der Waals surface area (Å²) in [6.45, 7) is 4.01. The standard InChI is InChI=1S/C9H18N2O2/c1-9(4-3-5-13-7-9)11-6-8(12)10-2/h11H,3-7H2,1-2H3,(H,10,12). The fraction of sp³-hybridized carbons (Fsp3) is 0.889. The van der Waals surface area contributed by atoms with Gasteiger partial charge in [-0.3, -0.25) is 4.79 Å². The van der Waals surface area contributed by atoms with Crippen LogP contribution in [0.3, 0.4) is 0 Å². The lowest BCUT2D eigenvalue weighted by Crippen LogP contribution is -2.51. The van der Waals surface area contributed by atoms with E-state index in [9.17, 15) is 4.79 Å². The molecule has 1 saturated heterocycles. The van der Waals surface area contributed by atoms with Gasteiger partial charge < -0.3 is 15.4 Å². The summed E-state index contributed by atoms with van der Waals surface area (Å²) in [5.74, 6) is 0.0202. The molecule has 0 spiro atoms. The minimum Gasteiger partial charge on any atom is -0.380 e. The topological polar surface area (TPSA) is 50.4 Å². The van der Waals surface area contributed by atoms with Crippen LogP contribution in [0.2, 0.25) is 0 Å². The van der Waals surface area contributed by atoms with Gasteiger partial charge >= 0.3 is 0 Å². The van der Waals surface area contributed by atoms with Gasteiger partial charge in [-0.05, 0) is 19.8 Å². The van der Waals surface area contributed by atoms with Crippen molar-refractivity contribution in [3.05, 3.63) is 0 Å². The first kappa shape index (κ1) is 10.5. The highest BCUT2D eigenvalue weighted by atomic mass is 16.5. The highest BCUT2D eigenvalue weighted by molar-refractivity contribution is 5.77. The van der Waals surface area contributed by atoms with E-state index in [1.165, 1.54) is 0 Å². The lowest BCUT2D eigenvalue weighted by molar-refractivity contribution is -0.120. The Kier molecular flexibility index (Phi) is 3.69. The van der Waals surface area contributed by atoms with Crippen molar-refractivity contribution in [1.29, 1.82) is 0 Å². The van der Waals surface area contributed by atoms with Crippen LogP contribution in [0.1, 0.15) is 19.8 Å². The van der Waals surface area contributed by atoms with E-state index in [0.717, 1.165) is 19.4 Å². The van der Waals surface area contributed by atoms with Gasteiger partial charge in [-0.25, -0.2) is 0 Å². The molecule has 0 bridgehead atoms. The van der Waals surface area contributed by atoms with Crippen LogP contribution < -0.4 is 10.6 Å². The molecule has 0 aliphatic carbocycles. The lowest BCUT2D eigenvalue weighted by Gasteiger charge is -2.34. The second-order valence-electron chi connectivity index (χ2n) is 3.74. The zero-order valence-electron chi connectivity index (χ0n) is 8.35. The van der Waals surface area contributed by atoms with Crippen LogP contribution in [0.5, 0.6) is 0 Å². The first-order valence-corrected chi connectivity index (χ1v) is 4.70. The van der Waals surface area contributed by atoms with Gasteiger partial charge in [0.25, 0.3) is 0 Å². The van der Waals surface area contributed by atoms with Crippen molar-refractivity contribution in [1.82, 2.24) is 10.6 Å². The minimum absolute atomic E-state index is 0.0202. The van der Waals surface area contributed by atoms with Crippen molar-refractivity contribution in [2.24, 2.45) is 0 Å². The molecule has 1 amide bonds. The van der Waals surface area contributed by atoms with Gasteiger partial charge in [-0.1, -0.05) is 0 Å². The van der Waals surface area contributed by atoms with Crippen LogP contribution in [0.15, 0.2) is 0 Å². The summed E-state index contributed by atoms with van der Waals surface area (Å²) in [5.41, 5.74) is -0.0231. The molecule has 1 unspecified atom stereocenters. The van der Waals surface area contributed by atoms with Gasteiger partial charge in [0.05, 0.1) is 13.2 Å². The Balaban J connectivity index is 2.28. The number of hydrogen-bond donors (Lipinski definition) is 2. The number of nitrogens with one attached hydrogen (secondary N) is 2. The molecule has 1 aliphatic rings. The van der Waals surface area contributed by atoms with Crippen LogP contribution >= 0.6 is 0 Å². The van der Waals surface area contributed by atoms with E-state index in [2.05, 4.69) is 17.6 Å². The van der Waals surface area contributed by atoms with Crippen molar-refractivity contribution in [3.63, 3.8) is 0 Å². The highest BCUT2D eigenvalue weighted by Gasteiger charge is 2.27. The molecule has 0 radical (unpaired) electrons. The molecule has 13 heavy (non-hydrogen) atoms. The van der Waals surface area contributed by atoms with Gasteiger partial charge in [-0.15, -0.1) is 0 Å². The lowest BCUT2D eigenvalue weighted by atomic mass is 9.95. The Labute approximate surface area is 79.0 Å². The van der Waals surface area contributed by atoms with E-state index in [4.69, 9.17) is 4.74 Å². The summed E-state index contributed by atoms with van der Waals surface area (Å²) in [4.78, 5) is 11.0. The quantitative estimate of drug-likeness (QED) is 0.646. The maximum atomic E-state index is 11.0. The van der Waals surface area contributed by atoms with Crippen molar-refractivity contribution in [2.45, 2.75) is 25.3 Å². The normalized spacial score (nSPS) is 28.5. The van der Waals surface area contributed by atoms with Crippen molar-refractivity contribution in [3.8, 4) is 0 Å². The van der Waals surface area contributed by atoms with Gasteiger partial charge in [0, 0.05) is 19.2 Å². The summed E-state index contributed by atoms with van der Waals surface area (Å²) in [6, 6.07) is 0. The average molecular weight is 186 g/mol. The zero-order chi connectivity index (χ0) is 9.73. The van der Waals surface area contributed by atoms with Crippen molar-refractivity contribution >= 4 is 5.91 Å². The number of carbonyl (C=O) groups excluding carboxylic acids is 1. The van der Waals surface area contributed by atoms with E-state index < -0.39 is 0 Å². The molecule has 1 rings (SSSR count). The van der Waals surface area contributed by atoms with Gasteiger partial charge in [0.2, 0.25) is 5.91 Å². The fourth-order valence-corrected chi connectivity index (χ4v) is 1.46. The Bertz CT molecular complexity index is 176. The largest absolute Gasteiger partial charge is 0.380 e. The second kappa shape index (κ2) is 4.58. The Hall–Kier alpha value is -0.610. The zero-order valence-corrected chi connectivity index (χ0v) is 8.35. The van der Waals surface area contributed by atoms with Crippen LogP contribution in [-0.2, 0) is 9.53 Å². The third-order valence-electron chi connectivity index (χ3n) is 2.39. The SMILES string of the molecule is CNC(=O)CNC1(C)CCCOC1. The van der Waals surface area contributed by atoms with Gasteiger partial charge in [-0.2, -0.15) is 0 Å². The Morgan fingerprint density at radius 3 is 2.92 bits per heavy atom. The number of carbonyl (C=O) groups is 1. The van der Waals surface area contributed by atoms with E-state index in [1.807, 2.05) is 0 Å². The number of amides is 1. The van der Waals surface area contributed by atoms with Crippen molar-refractivity contribution < 1.29 is 9.53 Å². The summed E-state index contributed by atoms with van der Waals surface area (Å²) in [5, 5.41) is 5.79. The van der Waals surface area contributed by atoms with E-state index in [-0.39, 0.29) is 11.4 Å². The number of hydrogen-bond acceptors (Lipinski definition) is 3. The first-order valence-electron chi connectivity index (χ1n) is 4.70. The molecule has 1 fully saturated rings. The maximum Gasteiger partial charge on any atom is 0.233 e. The Morgan fingerprint density at radius 1 is 1.62 bits per heavy atom. The third kappa shape index (κ3) is 3.32. The molecule has 76 valence electrons.